The third-order valence-electron chi connectivity index (χ3n) is 2.38. The van der Waals surface area contributed by atoms with Gasteiger partial charge in [0.05, 0.1) is 11.6 Å². The van der Waals surface area contributed by atoms with Gasteiger partial charge in [0.2, 0.25) is 5.91 Å². The third-order valence-corrected chi connectivity index (χ3v) is 2.38. The Morgan fingerprint density at radius 3 is 2.89 bits per heavy atom. The highest BCUT2D eigenvalue weighted by Crippen LogP contribution is 2.09. The fourth-order valence-corrected chi connectivity index (χ4v) is 1.43. The summed E-state index contributed by atoms with van der Waals surface area (Å²) < 4.78 is 0. The zero-order chi connectivity index (χ0) is 13.4. The predicted octanol–water partition coefficient (Wildman–Crippen LogP) is 2.13. The van der Waals surface area contributed by atoms with Crippen LogP contribution in [0.25, 0.3) is 0 Å². The van der Waals surface area contributed by atoms with Crippen molar-refractivity contribution in [3.05, 3.63) is 29.8 Å². The number of rotatable bonds is 6. The van der Waals surface area contributed by atoms with E-state index >= 15 is 0 Å². The minimum Gasteiger partial charge on any atom is -0.384 e. The van der Waals surface area contributed by atoms with Crippen LogP contribution < -0.4 is 10.6 Å². The molecule has 4 heteroatoms. The molecular weight excluding hydrogens is 226 g/mol. The molecule has 0 heterocycles. The van der Waals surface area contributed by atoms with Crippen LogP contribution in [0.3, 0.4) is 0 Å². The Hall–Kier alpha value is -2.02. The lowest BCUT2D eigenvalue weighted by molar-refractivity contribution is -0.120. The van der Waals surface area contributed by atoms with Gasteiger partial charge in [-0.1, -0.05) is 19.9 Å². The Bertz CT molecular complexity index is 435. The average Bonchev–Trinajstić information content (AvgIpc) is 2.36. The lowest BCUT2D eigenvalue weighted by Crippen LogP contribution is -2.28. The maximum Gasteiger partial charge on any atom is 0.221 e. The Labute approximate surface area is 108 Å². The van der Waals surface area contributed by atoms with E-state index in [0.29, 0.717) is 31.0 Å². The number of benzene rings is 1. The van der Waals surface area contributed by atoms with Crippen molar-refractivity contribution in [3.63, 3.8) is 0 Å². The van der Waals surface area contributed by atoms with Gasteiger partial charge in [0.25, 0.3) is 0 Å². The van der Waals surface area contributed by atoms with Gasteiger partial charge in [0.1, 0.15) is 0 Å². The van der Waals surface area contributed by atoms with Crippen molar-refractivity contribution in [2.45, 2.75) is 20.3 Å². The summed E-state index contributed by atoms with van der Waals surface area (Å²) in [5.41, 5.74) is 1.48. The van der Waals surface area contributed by atoms with Crippen molar-refractivity contribution in [2.75, 3.05) is 18.4 Å². The summed E-state index contributed by atoms with van der Waals surface area (Å²) in [6.45, 7) is 5.40. The molecule has 0 atom stereocenters. The summed E-state index contributed by atoms with van der Waals surface area (Å²) in [6.07, 6.45) is 0.434. The lowest BCUT2D eigenvalue weighted by Gasteiger charge is -2.09. The van der Waals surface area contributed by atoms with Crippen molar-refractivity contribution in [1.82, 2.24) is 5.32 Å². The number of nitriles is 1. The number of anilines is 1. The molecule has 18 heavy (non-hydrogen) atoms. The molecule has 0 aliphatic heterocycles. The fourth-order valence-electron chi connectivity index (χ4n) is 1.43. The molecule has 0 aliphatic carbocycles. The molecule has 0 saturated carbocycles. The number of hydrogen-bond acceptors (Lipinski definition) is 3. The topological polar surface area (TPSA) is 64.9 Å². The van der Waals surface area contributed by atoms with Crippen LogP contribution >= 0.6 is 0 Å². The number of amides is 1. The number of hydrogen-bond donors (Lipinski definition) is 2. The smallest absolute Gasteiger partial charge is 0.221 e. The highest BCUT2D eigenvalue weighted by molar-refractivity contribution is 5.76. The second kappa shape index (κ2) is 7.33. The van der Waals surface area contributed by atoms with Gasteiger partial charge in [-0.05, 0) is 24.1 Å². The molecule has 0 aromatic heterocycles. The summed E-state index contributed by atoms with van der Waals surface area (Å²) in [6, 6.07) is 9.30. The van der Waals surface area contributed by atoms with Crippen molar-refractivity contribution in [1.29, 1.82) is 5.26 Å². The molecule has 0 saturated heterocycles. The molecule has 0 radical (unpaired) electrons. The Morgan fingerprint density at radius 2 is 2.22 bits per heavy atom. The first-order valence-electron chi connectivity index (χ1n) is 6.12. The van der Waals surface area contributed by atoms with Gasteiger partial charge in [0.15, 0.2) is 0 Å². The first-order chi connectivity index (χ1) is 8.61. The number of nitrogens with one attached hydrogen (secondary N) is 2. The van der Waals surface area contributed by atoms with Gasteiger partial charge in [0, 0.05) is 25.2 Å². The molecule has 0 aliphatic rings. The summed E-state index contributed by atoms with van der Waals surface area (Å²) in [5, 5.41) is 14.7. The maximum atomic E-state index is 11.5. The molecule has 0 spiro atoms. The van der Waals surface area contributed by atoms with E-state index in [2.05, 4.69) is 30.6 Å². The largest absolute Gasteiger partial charge is 0.384 e. The van der Waals surface area contributed by atoms with E-state index < -0.39 is 0 Å². The molecule has 2 N–H and O–H groups in total. The van der Waals surface area contributed by atoms with Crippen LogP contribution in [0.2, 0.25) is 0 Å². The molecule has 0 fully saturated rings. The van der Waals surface area contributed by atoms with E-state index in [1.807, 2.05) is 12.1 Å². The van der Waals surface area contributed by atoms with Crippen LogP contribution in [0.4, 0.5) is 5.69 Å². The lowest BCUT2D eigenvalue weighted by atomic mass is 10.2. The molecule has 1 aromatic carbocycles. The number of carbonyl (C=O) groups is 1. The Kier molecular flexibility index (Phi) is 5.72. The Balaban J connectivity index is 2.29. The van der Waals surface area contributed by atoms with Crippen LogP contribution in [0, 0.1) is 17.2 Å². The molecule has 96 valence electrons. The van der Waals surface area contributed by atoms with Crippen LogP contribution in [0.1, 0.15) is 25.8 Å². The van der Waals surface area contributed by atoms with Crippen LogP contribution in [0.5, 0.6) is 0 Å². The minimum atomic E-state index is 0.0487. The Morgan fingerprint density at radius 1 is 1.44 bits per heavy atom. The van der Waals surface area contributed by atoms with Gasteiger partial charge >= 0.3 is 0 Å². The summed E-state index contributed by atoms with van der Waals surface area (Å²) in [7, 11) is 0. The zero-order valence-electron chi connectivity index (χ0n) is 10.9. The standard InChI is InChI=1S/C14H19N3O/c1-11(2)10-17-14(18)6-7-16-13-5-3-4-12(8-13)9-15/h3-5,8,11,16H,6-7,10H2,1-2H3,(H,17,18). The van der Waals surface area contributed by atoms with Gasteiger partial charge in [-0.15, -0.1) is 0 Å². The van der Waals surface area contributed by atoms with Gasteiger partial charge in [-0.2, -0.15) is 5.26 Å². The molecular formula is C14H19N3O. The van der Waals surface area contributed by atoms with Crippen molar-refractivity contribution >= 4 is 11.6 Å². The quantitative estimate of drug-likeness (QED) is 0.807. The normalized spacial score (nSPS) is 9.89. The van der Waals surface area contributed by atoms with E-state index in [-0.39, 0.29) is 5.91 Å². The molecule has 0 bridgehead atoms. The zero-order valence-corrected chi connectivity index (χ0v) is 10.9. The second-order valence-corrected chi connectivity index (χ2v) is 4.57. The van der Waals surface area contributed by atoms with E-state index in [4.69, 9.17) is 5.26 Å². The van der Waals surface area contributed by atoms with Crippen molar-refractivity contribution < 1.29 is 4.79 Å². The first kappa shape index (κ1) is 14.0. The fraction of sp³-hybridized carbons (Fsp3) is 0.429. The van der Waals surface area contributed by atoms with Crippen molar-refractivity contribution in [3.8, 4) is 6.07 Å². The molecule has 1 aromatic rings. The number of carbonyl (C=O) groups excluding carboxylic acids is 1. The molecule has 1 amide bonds. The summed E-state index contributed by atoms with van der Waals surface area (Å²) in [5.74, 6) is 0.516. The SMILES string of the molecule is CC(C)CNC(=O)CCNc1cccc(C#N)c1. The van der Waals surface area contributed by atoms with Crippen molar-refractivity contribution in [2.24, 2.45) is 5.92 Å². The number of nitrogens with zero attached hydrogens (tertiary/aromatic N) is 1. The highest BCUT2D eigenvalue weighted by atomic mass is 16.1. The maximum absolute atomic E-state index is 11.5. The minimum absolute atomic E-state index is 0.0487. The molecule has 1 rings (SSSR count). The van der Waals surface area contributed by atoms with Gasteiger partial charge in [-0.3, -0.25) is 4.79 Å². The summed E-state index contributed by atoms with van der Waals surface area (Å²) >= 11 is 0. The van der Waals surface area contributed by atoms with E-state index in [1.165, 1.54) is 0 Å². The van der Waals surface area contributed by atoms with Gasteiger partial charge in [-0.25, -0.2) is 0 Å². The highest BCUT2D eigenvalue weighted by Gasteiger charge is 2.02. The van der Waals surface area contributed by atoms with Crippen LogP contribution in [0.15, 0.2) is 24.3 Å². The predicted molar refractivity (Wildman–Crippen MR) is 72.1 cm³/mol. The third kappa shape index (κ3) is 5.35. The molecule has 0 unspecified atom stereocenters. The first-order valence-corrected chi connectivity index (χ1v) is 6.12. The van der Waals surface area contributed by atoms with Crippen LogP contribution in [-0.4, -0.2) is 19.0 Å². The van der Waals surface area contributed by atoms with E-state index in [1.54, 1.807) is 12.1 Å². The average molecular weight is 245 g/mol. The van der Waals surface area contributed by atoms with Crippen LogP contribution in [-0.2, 0) is 4.79 Å². The monoisotopic (exact) mass is 245 g/mol. The second-order valence-electron chi connectivity index (χ2n) is 4.57. The summed E-state index contributed by atoms with van der Waals surface area (Å²) in [4.78, 5) is 11.5. The van der Waals surface area contributed by atoms with E-state index in [9.17, 15) is 4.79 Å². The van der Waals surface area contributed by atoms with Gasteiger partial charge < -0.3 is 10.6 Å². The van der Waals surface area contributed by atoms with E-state index in [0.717, 1.165) is 5.69 Å². The molecule has 4 nitrogen and oxygen atoms in total.